The lowest BCUT2D eigenvalue weighted by Gasteiger charge is -2.10. The van der Waals surface area contributed by atoms with Crippen LogP contribution >= 0.6 is 39.9 Å². The van der Waals surface area contributed by atoms with Crippen molar-refractivity contribution < 1.29 is 0 Å². The average molecular weight is 353 g/mol. The first-order valence-electron chi connectivity index (χ1n) is 5.60. The molecular formula is C14H13BrN2S2. The Morgan fingerprint density at radius 1 is 1.21 bits per heavy atom. The van der Waals surface area contributed by atoms with Crippen LogP contribution in [0.4, 0.5) is 11.4 Å². The molecule has 2 aromatic carbocycles. The zero-order valence-corrected chi connectivity index (χ0v) is 13.5. The maximum Gasteiger partial charge on any atom is 0.104 e. The van der Waals surface area contributed by atoms with Gasteiger partial charge in [0.25, 0.3) is 0 Å². The monoisotopic (exact) mass is 352 g/mol. The van der Waals surface area contributed by atoms with Crippen LogP contribution in [0, 0.1) is 0 Å². The summed E-state index contributed by atoms with van der Waals surface area (Å²) >= 11 is 10.2. The van der Waals surface area contributed by atoms with Gasteiger partial charge in [-0.05, 0) is 64.7 Å². The van der Waals surface area contributed by atoms with Crippen molar-refractivity contribution in [3.8, 4) is 0 Å². The van der Waals surface area contributed by atoms with E-state index in [1.165, 1.54) is 4.90 Å². The fourth-order valence-electron chi connectivity index (χ4n) is 1.60. The number of thiocarbonyl (C=S) groups is 1. The van der Waals surface area contributed by atoms with Gasteiger partial charge >= 0.3 is 0 Å². The Balaban J connectivity index is 2.20. The lowest BCUT2D eigenvalue weighted by atomic mass is 10.2. The number of hydrogen-bond acceptors (Lipinski definition) is 3. The lowest BCUT2D eigenvalue weighted by molar-refractivity contribution is 1.44. The molecule has 2 nitrogen and oxygen atoms in total. The Morgan fingerprint density at radius 3 is 2.42 bits per heavy atom. The molecule has 0 atom stereocenters. The summed E-state index contributed by atoms with van der Waals surface area (Å²) in [4.78, 5) is 1.64. The molecular weight excluding hydrogens is 340 g/mol. The molecule has 0 aromatic heterocycles. The molecule has 0 spiro atoms. The highest BCUT2D eigenvalue weighted by Gasteiger charge is 2.03. The predicted octanol–water partition coefficient (Wildman–Crippen LogP) is 4.55. The number of anilines is 2. The topological polar surface area (TPSA) is 38.0 Å². The van der Waals surface area contributed by atoms with Crippen LogP contribution in [0.3, 0.4) is 0 Å². The number of rotatable bonds is 4. The molecule has 0 saturated heterocycles. The van der Waals surface area contributed by atoms with Crippen molar-refractivity contribution in [1.82, 2.24) is 0 Å². The van der Waals surface area contributed by atoms with Crippen LogP contribution in [0.1, 0.15) is 5.56 Å². The van der Waals surface area contributed by atoms with E-state index in [0.717, 1.165) is 21.4 Å². The van der Waals surface area contributed by atoms with E-state index in [4.69, 9.17) is 18.0 Å². The molecule has 2 rings (SSSR count). The second kappa shape index (κ2) is 6.41. The minimum Gasteiger partial charge on any atom is -0.389 e. The van der Waals surface area contributed by atoms with Crippen molar-refractivity contribution in [3.05, 3.63) is 52.5 Å². The minimum atomic E-state index is 0.400. The van der Waals surface area contributed by atoms with Crippen LogP contribution in [-0.2, 0) is 0 Å². The van der Waals surface area contributed by atoms with Gasteiger partial charge in [-0.15, -0.1) is 11.8 Å². The van der Waals surface area contributed by atoms with E-state index < -0.39 is 0 Å². The molecule has 0 saturated carbocycles. The molecule has 19 heavy (non-hydrogen) atoms. The van der Waals surface area contributed by atoms with Gasteiger partial charge in [0.05, 0.1) is 5.69 Å². The van der Waals surface area contributed by atoms with Gasteiger partial charge in [0, 0.05) is 20.6 Å². The molecule has 0 heterocycles. The molecule has 0 unspecified atom stereocenters. The van der Waals surface area contributed by atoms with Crippen molar-refractivity contribution in [2.75, 3.05) is 11.6 Å². The van der Waals surface area contributed by atoms with E-state index in [9.17, 15) is 0 Å². The quantitative estimate of drug-likeness (QED) is 0.625. The van der Waals surface area contributed by atoms with Crippen molar-refractivity contribution in [1.29, 1.82) is 0 Å². The smallest absolute Gasteiger partial charge is 0.104 e. The summed E-state index contributed by atoms with van der Waals surface area (Å²) in [5.41, 5.74) is 8.48. The molecule has 0 aliphatic carbocycles. The summed E-state index contributed by atoms with van der Waals surface area (Å²) in [6, 6.07) is 14.1. The maximum absolute atomic E-state index is 5.61. The van der Waals surface area contributed by atoms with Crippen molar-refractivity contribution in [2.45, 2.75) is 4.90 Å². The molecule has 0 radical (unpaired) electrons. The van der Waals surface area contributed by atoms with Crippen molar-refractivity contribution >= 4 is 56.3 Å². The SMILES string of the molecule is CSc1ccc(Nc2ccc(C(N)=S)cc2Br)cc1. The largest absolute Gasteiger partial charge is 0.389 e. The van der Waals surface area contributed by atoms with Crippen molar-refractivity contribution in [2.24, 2.45) is 5.73 Å². The first kappa shape index (κ1) is 14.4. The predicted molar refractivity (Wildman–Crippen MR) is 91.5 cm³/mol. The van der Waals surface area contributed by atoms with E-state index in [0.29, 0.717) is 4.99 Å². The number of nitrogens with one attached hydrogen (secondary N) is 1. The van der Waals surface area contributed by atoms with Crippen LogP contribution < -0.4 is 11.1 Å². The Labute approximate surface area is 130 Å². The Hall–Kier alpha value is -1.04. The summed E-state index contributed by atoms with van der Waals surface area (Å²) in [6.45, 7) is 0. The number of benzene rings is 2. The van der Waals surface area contributed by atoms with E-state index in [1.807, 2.05) is 18.2 Å². The summed E-state index contributed by atoms with van der Waals surface area (Å²) in [7, 11) is 0. The highest BCUT2D eigenvalue weighted by molar-refractivity contribution is 9.10. The number of nitrogens with two attached hydrogens (primary N) is 1. The van der Waals surface area contributed by atoms with E-state index in [2.05, 4.69) is 51.8 Å². The average Bonchev–Trinajstić information content (AvgIpc) is 2.41. The van der Waals surface area contributed by atoms with Gasteiger partial charge in [0.1, 0.15) is 4.99 Å². The number of thioether (sulfide) groups is 1. The molecule has 98 valence electrons. The standard InChI is InChI=1S/C14H13BrN2S2/c1-19-11-5-3-10(4-6-11)17-13-7-2-9(14(16)18)8-12(13)15/h2-8,17H,1H3,(H2,16,18). The molecule has 0 aliphatic rings. The van der Waals surface area contributed by atoms with Crippen LogP contribution in [0.25, 0.3) is 0 Å². The van der Waals surface area contributed by atoms with Gasteiger partial charge in [0.2, 0.25) is 0 Å². The maximum atomic E-state index is 5.61. The fourth-order valence-corrected chi connectivity index (χ4v) is 2.61. The summed E-state index contributed by atoms with van der Waals surface area (Å²) in [6.07, 6.45) is 2.06. The third-order valence-corrected chi connectivity index (χ3v) is 4.26. The third kappa shape index (κ3) is 3.72. The van der Waals surface area contributed by atoms with Gasteiger partial charge in [0.15, 0.2) is 0 Å². The van der Waals surface area contributed by atoms with Crippen LogP contribution in [0.2, 0.25) is 0 Å². The molecule has 0 aliphatic heterocycles. The van der Waals surface area contributed by atoms with E-state index in [-0.39, 0.29) is 0 Å². The molecule has 3 N–H and O–H groups in total. The highest BCUT2D eigenvalue weighted by atomic mass is 79.9. The zero-order valence-electron chi connectivity index (χ0n) is 10.3. The molecule has 0 fully saturated rings. The second-order valence-corrected chi connectivity index (χ2v) is 6.09. The summed E-state index contributed by atoms with van der Waals surface area (Å²) in [5, 5.41) is 3.35. The van der Waals surface area contributed by atoms with Crippen LogP contribution in [0.15, 0.2) is 51.8 Å². The van der Waals surface area contributed by atoms with Crippen LogP contribution in [0.5, 0.6) is 0 Å². The van der Waals surface area contributed by atoms with Gasteiger partial charge in [-0.25, -0.2) is 0 Å². The number of halogens is 1. The Kier molecular flexibility index (Phi) is 4.85. The zero-order chi connectivity index (χ0) is 13.8. The number of hydrogen-bond donors (Lipinski definition) is 2. The molecule has 2 aromatic rings. The third-order valence-electron chi connectivity index (χ3n) is 2.62. The first-order chi connectivity index (χ1) is 9.10. The Morgan fingerprint density at radius 2 is 1.89 bits per heavy atom. The second-order valence-electron chi connectivity index (χ2n) is 3.91. The first-order valence-corrected chi connectivity index (χ1v) is 8.03. The summed E-state index contributed by atoms with van der Waals surface area (Å²) in [5.74, 6) is 0. The van der Waals surface area contributed by atoms with Crippen LogP contribution in [-0.4, -0.2) is 11.2 Å². The van der Waals surface area contributed by atoms with Gasteiger partial charge in [-0.2, -0.15) is 0 Å². The normalized spacial score (nSPS) is 10.2. The molecule has 5 heteroatoms. The van der Waals surface area contributed by atoms with E-state index >= 15 is 0 Å². The lowest BCUT2D eigenvalue weighted by Crippen LogP contribution is -2.09. The highest BCUT2D eigenvalue weighted by Crippen LogP contribution is 2.27. The van der Waals surface area contributed by atoms with E-state index in [1.54, 1.807) is 11.8 Å². The van der Waals surface area contributed by atoms with Crippen molar-refractivity contribution in [3.63, 3.8) is 0 Å². The summed E-state index contributed by atoms with van der Waals surface area (Å²) < 4.78 is 0.937. The van der Waals surface area contributed by atoms with Gasteiger partial charge in [-0.3, -0.25) is 0 Å². The van der Waals surface area contributed by atoms with Gasteiger partial charge in [-0.1, -0.05) is 12.2 Å². The molecule has 0 amide bonds. The minimum absolute atomic E-state index is 0.400. The molecule has 0 bridgehead atoms. The Bertz CT molecular complexity index is 597. The fraction of sp³-hybridized carbons (Fsp3) is 0.0714. The van der Waals surface area contributed by atoms with Gasteiger partial charge < -0.3 is 11.1 Å².